The van der Waals surface area contributed by atoms with Gasteiger partial charge >= 0.3 is 0 Å². The molecule has 0 heterocycles. The molecule has 0 saturated carbocycles. The van der Waals surface area contributed by atoms with Gasteiger partial charge in [0.2, 0.25) is 5.91 Å². The van der Waals surface area contributed by atoms with E-state index in [1.807, 2.05) is 32.3 Å². The summed E-state index contributed by atoms with van der Waals surface area (Å²) in [5.41, 5.74) is 1.21. The lowest BCUT2D eigenvalue weighted by atomic mass is 9.85. The maximum Gasteiger partial charge on any atom is 0.220 e. The van der Waals surface area contributed by atoms with E-state index in [4.69, 9.17) is 0 Å². The number of amides is 1. The molecule has 0 aliphatic heterocycles. The number of hydrogen-bond acceptors (Lipinski definition) is 2. The average Bonchev–Trinajstić information content (AvgIpc) is 2.43. The van der Waals surface area contributed by atoms with E-state index >= 15 is 0 Å². The molecule has 1 amide bonds. The molecule has 21 heavy (non-hydrogen) atoms. The molecular formula is C18H30N2O. The topological polar surface area (TPSA) is 32.3 Å². The fourth-order valence-electron chi connectivity index (χ4n) is 2.18. The standard InChI is InChI=1S/C18H30N2O/c1-14(2)16(15-10-8-7-9-11-15)12-17(21)19-13-18(3,4)20(5)6/h7-11,14,16H,12-13H2,1-6H3,(H,19,21)/t16-/m1/s1. The smallest absolute Gasteiger partial charge is 0.220 e. The first kappa shape index (κ1) is 17.7. The molecule has 0 bridgehead atoms. The lowest BCUT2D eigenvalue weighted by Gasteiger charge is -2.33. The molecule has 1 aromatic carbocycles. The highest BCUT2D eigenvalue weighted by Crippen LogP contribution is 2.27. The van der Waals surface area contributed by atoms with Crippen molar-refractivity contribution in [3.63, 3.8) is 0 Å². The van der Waals surface area contributed by atoms with Gasteiger partial charge in [0, 0.05) is 18.5 Å². The second kappa shape index (κ2) is 7.60. The third-order valence-electron chi connectivity index (χ3n) is 4.37. The lowest BCUT2D eigenvalue weighted by Crippen LogP contribution is -2.48. The van der Waals surface area contributed by atoms with Crippen molar-refractivity contribution in [2.75, 3.05) is 20.6 Å². The van der Waals surface area contributed by atoms with Gasteiger partial charge in [-0.2, -0.15) is 0 Å². The lowest BCUT2D eigenvalue weighted by molar-refractivity contribution is -0.122. The molecule has 0 spiro atoms. The minimum absolute atomic E-state index is 0.0320. The highest BCUT2D eigenvalue weighted by molar-refractivity contribution is 5.77. The Balaban J connectivity index is 2.63. The van der Waals surface area contributed by atoms with Crippen LogP contribution in [0.15, 0.2) is 30.3 Å². The van der Waals surface area contributed by atoms with E-state index in [1.54, 1.807) is 0 Å². The summed E-state index contributed by atoms with van der Waals surface area (Å²) in [5, 5.41) is 3.08. The quantitative estimate of drug-likeness (QED) is 0.836. The number of carbonyl (C=O) groups excluding carboxylic acids is 1. The first-order chi connectivity index (χ1) is 9.74. The van der Waals surface area contributed by atoms with E-state index in [0.29, 0.717) is 18.9 Å². The van der Waals surface area contributed by atoms with Crippen LogP contribution in [0.1, 0.15) is 45.6 Å². The summed E-state index contributed by atoms with van der Waals surface area (Å²) in [6.45, 7) is 9.27. The summed E-state index contributed by atoms with van der Waals surface area (Å²) in [5.74, 6) is 0.848. The number of likely N-dealkylation sites (N-methyl/N-ethyl adjacent to an activating group) is 1. The Hall–Kier alpha value is -1.35. The van der Waals surface area contributed by atoms with Gasteiger partial charge in [-0.1, -0.05) is 44.2 Å². The summed E-state index contributed by atoms with van der Waals surface area (Å²) >= 11 is 0. The SMILES string of the molecule is CC(C)[C@@H](CC(=O)NCC(C)(C)N(C)C)c1ccccc1. The van der Waals surface area contributed by atoms with Gasteiger partial charge in [0.25, 0.3) is 0 Å². The molecule has 0 radical (unpaired) electrons. The van der Waals surface area contributed by atoms with Crippen molar-refractivity contribution in [3.05, 3.63) is 35.9 Å². The Bertz CT molecular complexity index is 438. The summed E-state index contributed by atoms with van der Waals surface area (Å²) < 4.78 is 0. The maximum absolute atomic E-state index is 12.3. The van der Waals surface area contributed by atoms with Gasteiger partial charge in [-0.15, -0.1) is 0 Å². The van der Waals surface area contributed by atoms with Crippen molar-refractivity contribution in [1.82, 2.24) is 10.2 Å². The van der Waals surface area contributed by atoms with Gasteiger partial charge in [0.05, 0.1) is 0 Å². The minimum atomic E-state index is -0.0320. The average molecular weight is 290 g/mol. The molecule has 3 nitrogen and oxygen atoms in total. The molecule has 0 fully saturated rings. The largest absolute Gasteiger partial charge is 0.354 e. The fourth-order valence-corrected chi connectivity index (χ4v) is 2.18. The molecule has 0 aliphatic rings. The summed E-state index contributed by atoms with van der Waals surface area (Å²) in [4.78, 5) is 14.4. The van der Waals surface area contributed by atoms with Gasteiger partial charge in [-0.05, 0) is 45.3 Å². The third-order valence-corrected chi connectivity index (χ3v) is 4.37. The third kappa shape index (κ3) is 5.50. The van der Waals surface area contributed by atoms with Crippen LogP contribution in [-0.2, 0) is 4.79 Å². The molecule has 0 unspecified atom stereocenters. The first-order valence-electron chi connectivity index (χ1n) is 7.73. The molecule has 0 saturated heterocycles. The maximum atomic E-state index is 12.3. The van der Waals surface area contributed by atoms with Crippen LogP contribution in [-0.4, -0.2) is 37.0 Å². The van der Waals surface area contributed by atoms with Crippen LogP contribution in [0.2, 0.25) is 0 Å². The Kier molecular flexibility index (Phi) is 6.41. The van der Waals surface area contributed by atoms with Crippen LogP contribution in [0.3, 0.4) is 0 Å². The number of nitrogens with zero attached hydrogens (tertiary/aromatic N) is 1. The van der Waals surface area contributed by atoms with Crippen molar-refractivity contribution >= 4 is 5.91 Å². The van der Waals surface area contributed by atoms with Crippen LogP contribution in [0.25, 0.3) is 0 Å². The zero-order valence-corrected chi connectivity index (χ0v) is 14.3. The monoisotopic (exact) mass is 290 g/mol. The van der Waals surface area contributed by atoms with E-state index in [1.165, 1.54) is 5.56 Å². The van der Waals surface area contributed by atoms with E-state index < -0.39 is 0 Å². The predicted molar refractivity (Wildman–Crippen MR) is 89.4 cm³/mol. The number of hydrogen-bond donors (Lipinski definition) is 1. The van der Waals surface area contributed by atoms with E-state index in [2.05, 4.69) is 50.0 Å². The highest BCUT2D eigenvalue weighted by Gasteiger charge is 2.23. The molecular weight excluding hydrogens is 260 g/mol. The molecule has 1 N–H and O–H groups in total. The van der Waals surface area contributed by atoms with E-state index in [0.717, 1.165) is 0 Å². The molecule has 1 rings (SSSR count). The van der Waals surface area contributed by atoms with Gasteiger partial charge in [-0.25, -0.2) is 0 Å². The van der Waals surface area contributed by atoms with Crippen LogP contribution in [0.5, 0.6) is 0 Å². The molecule has 118 valence electrons. The van der Waals surface area contributed by atoms with Crippen molar-refractivity contribution in [2.24, 2.45) is 5.92 Å². The fraction of sp³-hybridized carbons (Fsp3) is 0.611. The Morgan fingerprint density at radius 3 is 2.24 bits per heavy atom. The minimum Gasteiger partial charge on any atom is -0.354 e. The normalized spacial score (nSPS) is 13.5. The van der Waals surface area contributed by atoms with Crippen molar-refractivity contribution in [2.45, 2.75) is 45.6 Å². The van der Waals surface area contributed by atoms with Crippen molar-refractivity contribution < 1.29 is 4.79 Å². The molecule has 1 atom stereocenters. The summed E-state index contributed by atoms with van der Waals surface area (Å²) in [6.07, 6.45) is 0.547. The highest BCUT2D eigenvalue weighted by atomic mass is 16.1. The van der Waals surface area contributed by atoms with Crippen LogP contribution in [0.4, 0.5) is 0 Å². The van der Waals surface area contributed by atoms with Crippen LogP contribution < -0.4 is 5.32 Å². The number of benzene rings is 1. The van der Waals surface area contributed by atoms with Crippen molar-refractivity contribution in [3.8, 4) is 0 Å². The van der Waals surface area contributed by atoms with Gasteiger partial charge < -0.3 is 10.2 Å². The second-order valence-corrected chi connectivity index (χ2v) is 6.95. The van der Waals surface area contributed by atoms with E-state index in [-0.39, 0.29) is 17.4 Å². The summed E-state index contributed by atoms with van der Waals surface area (Å²) in [7, 11) is 4.07. The van der Waals surface area contributed by atoms with Crippen molar-refractivity contribution in [1.29, 1.82) is 0 Å². The Morgan fingerprint density at radius 2 is 1.76 bits per heavy atom. The molecule has 0 aromatic heterocycles. The molecule has 3 heteroatoms. The number of rotatable bonds is 7. The van der Waals surface area contributed by atoms with Crippen LogP contribution in [0, 0.1) is 5.92 Å². The number of nitrogens with one attached hydrogen (secondary N) is 1. The second-order valence-electron chi connectivity index (χ2n) is 6.95. The predicted octanol–water partition coefficient (Wildman–Crippen LogP) is 3.27. The Labute approximate surface area is 129 Å². The zero-order valence-electron chi connectivity index (χ0n) is 14.3. The Morgan fingerprint density at radius 1 is 1.19 bits per heavy atom. The first-order valence-corrected chi connectivity index (χ1v) is 7.73. The van der Waals surface area contributed by atoms with Crippen LogP contribution >= 0.6 is 0 Å². The summed E-state index contributed by atoms with van der Waals surface area (Å²) in [6, 6.07) is 10.3. The molecule has 0 aliphatic carbocycles. The number of carbonyl (C=O) groups is 1. The zero-order chi connectivity index (χ0) is 16.0. The van der Waals surface area contributed by atoms with E-state index in [9.17, 15) is 4.79 Å². The van der Waals surface area contributed by atoms with Gasteiger partial charge in [0.1, 0.15) is 0 Å². The van der Waals surface area contributed by atoms with Gasteiger partial charge in [-0.3, -0.25) is 4.79 Å². The molecule has 1 aromatic rings. The van der Waals surface area contributed by atoms with Gasteiger partial charge in [0.15, 0.2) is 0 Å².